The van der Waals surface area contributed by atoms with Gasteiger partial charge in [-0.25, -0.2) is 0 Å². The van der Waals surface area contributed by atoms with Crippen molar-refractivity contribution in [2.24, 2.45) is 0 Å². The van der Waals surface area contributed by atoms with Gasteiger partial charge in [-0.05, 0) is 186 Å². The second-order valence-corrected chi connectivity index (χ2v) is 17.5. The van der Waals surface area contributed by atoms with Crippen LogP contribution in [-0.2, 0) is 0 Å². The largest absolute Gasteiger partial charge is 0.0840 e. The highest BCUT2D eigenvalue weighted by atomic mass is 14.3. The van der Waals surface area contributed by atoms with Crippen LogP contribution in [0.25, 0.3) is 112 Å². The third-order valence-corrected chi connectivity index (χ3v) is 13.5. The molecule has 12 rings (SSSR count). The Labute approximate surface area is 371 Å². The van der Waals surface area contributed by atoms with E-state index in [1.807, 2.05) is 0 Å². The van der Waals surface area contributed by atoms with Gasteiger partial charge in [0, 0.05) is 0 Å². The van der Waals surface area contributed by atoms with E-state index in [0.717, 1.165) is 12.8 Å². The molecule has 0 unspecified atom stereocenters. The summed E-state index contributed by atoms with van der Waals surface area (Å²) in [5, 5.41) is 7.91. The molecule has 0 atom stereocenters. The molecule has 63 heavy (non-hydrogen) atoms. The summed E-state index contributed by atoms with van der Waals surface area (Å²) in [6, 6.07) is 63.4. The minimum atomic E-state index is 1.06. The zero-order chi connectivity index (χ0) is 42.4. The van der Waals surface area contributed by atoms with Gasteiger partial charge < -0.3 is 0 Å². The van der Waals surface area contributed by atoms with Gasteiger partial charge in [-0.2, -0.15) is 0 Å². The van der Waals surface area contributed by atoms with E-state index in [-0.39, 0.29) is 0 Å². The average molecular weight is 807 g/mol. The van der Waals surface area contributed by atoms with E-state index in [4.69, 9.17) is 0 Å². The van der Waals surface area contributed by atoms with Gasteiger partial charge in [0.15, 0.2) is 0 Å². The number of aryl methyl sites for hydroxylation is 2. The summed E-state index contributed by atoms with van der Waals surface area (Å²) < 4.78 is 0. The van der Waals surface area contributed by atoms with Crippen molar-refractivity contribution in [1.82, 2.24) is 0 Å². The number of fused-ring (bicyclic) bond motifs is 5. The summed E-state index contributed by atoms with van der Waals surface area (Å²) in [6.45, 7) is 6.54. The van der Waals surface area contributed by atoms with Crippen molar-refractivity contribution in [2.45, 2.75) is 46.5 Å². The molecule has 0 nitrogen and oxygen atoms in total. The molecule has 0 radical (unpaired) electrons. The predicted octanol–water partition coefficient (Wildman–Crippen LogP) is 16.2. The standard InChI is InChI=1S/C56H40.C7H10/c1-35-14-9-10-19-44(35)51-34-42(25-24-36(51)2)40-26-27-41-33-43(29-28-39(41)32-40)45-30-31-50-54-46(45)22-13-23-49(54)55-52(37-15-5-3-6-16-37)47-20-11-12-21-48(47)53(56(50)55)38-17-7-4-8-18-38;1-7-5-3-2-4-6-7/h3-10,13-34H,11-12H2,1-2H3;3,5-6H,2,4H2,1H3. The molecule has 0 bridgehead atoms. The van der Waals surface area contributed by atoms with Gasteiger partial charge in [-0.3, -0.25) is 0 Å². The highest BCUT2D eigenvalue weighted by Gasteiger charge is 2.30. The van der Waals surface area contributed by atoms with Crippen LogP contribution >= 0.6 is 0 Å². The SMILES string of the molecule is CC1=CCCC=C1.Cc1ccccc1-c1cc(-c2ccc3cc(-c4ccc5c6c(cccc46)-c4c-5c(-c5ccccc5)c5c(c4-c4ccccc4)=CCCC=5)ccc3c2)ccc1C. The molecule has 0 heteroatoms. The molecule has 9 aromatic rings. The molecule has 302 valence electrons. The average Bonchev–Trinajstić information content (AvgIpc) is 3.66. The molecule has 0 spiro atoms. The third-order valence-electron chi connectivity index (χ3n) is 13.5. The lowest BCUT2D eigenvalue weighted by Gasteiger charge is -2.20. The van der Waals surface area contributed by atoms with Crippen molar-refractivity contribution in [3.8, 4) is 77.9 Å². The van der Waals surface area contributed by atoms with E-state index in [2.05, 4.69) is 221 Å². The molecule has 3 aliphatic carbocycles. The molecule has 0 saturated carbocycles. The number of rotatable bonds is 5. The Morgan fingerprint density at radius 1 is 0.333 bits per heavy atom. The van der Waals surface area contributed by atoms with Crippen molar-refractivity contribution >= 4 is 33.7 Å². The molecule has 0 heterocycles. The van der Waals surface area contributed by atoms with Crippen molar-refractivity contribution in [2.75, 3.05) is 0 Å². The normalized spacial score (nSPS) is 13.3. The summed E-state index contributed by atoms with van der Waals surface area (Å²) in [5.41, 5.74) is 22.3. The van der Waals surface area contributed by atoms with Gasteiger partial charge in [0.25, 0.3) is 0 Å². The van der Waals surface area contributed by atoms with E-state index in [9.17, 15) is 0 Å². The minimum Gasteiger partial charge on any atom is -0.0840 e. The van der Waals surface area contributed by atoms with Crippen molar-refractivity contribution < 1.29 is 0 Å². The van der Waals surface area contributed by atoms with E-state index in [0.29, 0.717) is 0 Å². The second kappa shape index (κ2) is 16.2. The first-order valence-corrected chi connectivity index (χ1v) is 22.6. The number of hydrogen-bond acceptors (Lipinski definition) is 0. The van der Waals surface area contributed by atoms with Crippen LogP contribution in [0.4, 0.5) is 0 Å². The Morgan fingerprint density at radius 2 is 0.873 bits per heavy atom. The third kappa shape index (κ3) is 6.88. The fourth-order valence-electron chi connectivity index (χ4n) is 10.4. The summed E-state index contributed by atoms with van der Waals surface area (Å²) in [7, 11) is 0. The first kappa shape index (κ1) is 38.6. The lowest BCUT2D eigenvalue weighted by atomic mass is 9.83. The van der Waals surface area contributed by atoms with Gasteiger partial charge in [0.1, 0.15) is 0 Å². The van der Waals surface area contributed by atoms with Crippen LogP contribution in [0.5, 0.6) is 0 Å². The Balaban J connectivity index is 0.000000581. The van der Waals surface area contributed by atoms with Gasteiger partial charge in [0.2, 0.25) is 0 Å². The lowest BCUT2D eigenvalue weighted by Crippen LogP contribution is -2.32. The molecule has 0 amide bonds. The molecular weight excluding hydrogens is 757 g/mol. The van der Waals surface area contributed by atoms with Crippen LogP contribution in [-0.4, -0.2) is 0 Å². The van der Waals surface area contributed by atoms with Gasteiger partial charge in [0.05, 0.1) is 0 Å². The minimum absolute atomic E-state index is 1.06. The van der Waals surface area contributed by atoms with Crippen LogP contribution in [0, 0.1) is 13.8 Å². The zero-order valence-corrected chi connectivity index (χ0v) is 36.4. The molecule has 0 N–H and O–H groups in total. The molecule has 0 aliphatic heterocycles. The lowest BCUT2D eigenvalue weighted by molar-refractivity contribution is 1.02. The smallest absolute Gasteiger partial charge is 0.000753 e. The number of hydrogen-bond donors (Lipinski definition) is 0. The Kier molecular flexibility index (Phi) is 9.94. The van der Waals surface area contributed by atoms with Crippen molar-refractivity contribution in [1.29, 1.82) is 0 Å². The fourth-order valence-corrected chi connectivity index (χ4v) is 10.4. The van der Waals surface area contributed by atoms with Gasteiger partial charge >= 0.3 is 0 Å². The quantitative estimate of drug-likeness (QED) is 0.163. The Morgan fingerprint density at radius 3 is 1.51 bits per heavy atom. The van der Waals surface area contributed by atoms with Crippen molar-refractivity contribution in [3.63, 3.8) is 0 Å². The molecule has 0 saturated heterocycles. The van der Waals surface area contributed by atoms with Crippen molar-refractivity contribution in [3.05, 3.63) is 215 Å². The maximum absolute atomic E-state index is 2.49. The topological polar surface area (TPSA) is 0 Å². The van der Waals surface area contributed by atoms with Crippen LogP contribution in [0.3, 0.4) is 0 Å². The predicted molar refractivity (Wildman–Crippen MR) is 272 cm³/mol. The summed E-state index contributed by atoms with van der Waals surface area (Å²) in [4.78, 5) is 0. The number of allylic oxidation sites excluding steroid dienone is 4. The second-order valence-electron chi connectivity index (χ2n) is 17.5. The van der Waals surface area contributed by atoms with E-state index in [1.165, 1.54) is 139 Å². The first-order chi connectivity index (χ1) is 31.0. The van der Waals surface area contributed by atoms with Crippen LogP contribution in [0.15, 0.2) is 194 Å². The fraction of sp³-hybridized carbons (Fsp3) is 0.111. The van der Waals surface area contributed by atoms with Gasteiger partial charge in [-0.1, -0.05) is 188 Å². The Bertz CT molecular complexity index is 3360. The summed E-state index contributed by atoms with van der Waals surface area (Å²) in [5.74, 6) is 0. The number of benzene rings is 9. The first-order valence-electron chi connectivity index (χ1n) is 22.6. The molecule has 3 aliphatic rings. The highest BCUT2D eigenvalue weighted by Crippen LogP contribution is 2.54. The molecule has 0 fully saturated rings. The van der Waals surface area contributed by atoms with Crippen LogP contribution < -0.4 is 10.4 Å². The summed E-state index contributed by atoms with van der Waals surface area (Å²) in [6.07, 6.45) is 16.2. The highest BCUT2D eigenvalue weighted by molar-refractivity contribution is 6.23. The van der Waals surface area contributed by atoms with Gasteiger partial charge in [-0.15, -0.1) is 0 Å². The van der Waals surface area contributed by atoms with E-state index < -0.39 is 0 Å². The Hall–Kier alpha value is -7.28. The van der Waals surface area contributed by atoms with E-state index >= 15 is 0 Å². The molecular formula is C63H50. The molecule has 0 aromatic heterocycles. The summed E-state index contributed by atoms with van der Waals surface area (Å²) >= 11 is 0. The van der Waals surface area contributed by atoms with Crippen LogP contribution in [0.1, 0.15) is 43.7 Å². The maximum Gasteiger partial charge on any atom is -0.000753 e. The zero-order valence-electron chi connectivity index (χ0n) is 36.4. The van der Waals surface area contributed by atoms with E-state index in [1.54, 1.807) is 0 Å². The molecule has 9 aromatic carbocycles. The monoisotopic (exact) mass is 806 g/mol. The maximum atomic E-state index is 2.49. The van der Waals surface area contributed by atoms with Crippen LogP contribution in [0.2, 0.25) is 0 Å².